The average molecular weight is 539 g/mol. The Morgan fingerprint density at radius 3 is 1.05 bits per heavy atom. The quantitative estimate of drug-likeness (QED) is 0.0674. The second kappa shape index (κ2) is 30.5. The van der Waals surface area contributed by atoms with E-state index in [2.05, 4.69) is 20.8 Å². The molecule has 0 fully saturated rings. The van der Waals surface area contributed by atoms with Crippen LogP contribution in [0.25, 0.3) is 0 Å². The van der Waals surface area contributed by atoms with Crippen molar-refractivity contribution in [2.75, 3.05) is 13.2 Å². The molecule has 0 amide bonds. The molecule has 0 radical (unpaired) electrons. The molecular formula is C34H66O4. The van der Waals surface area contributed by atoms with Gasteiger partial charge in [0.15, 0.2) is 0 Å². The number of hydrogen-bond donors (Lipinski definition) is 0. The SMILES string of the molecule is CCCCCCCCCCCCOC(=O)CCC(CCC)CCC(=O)OCCCCCCCCCCCC. The van der Waals surface area contributed by atoms with Crippen molar-refractivity contribution in [2.24, 2.45) is 5.92 Å². The van der Waals surface area contributed by atoms with Gasteiger partial charge in [-0.2, -0.15) is 0 Å². The third-order valence-corrected chi connectivity index (χ3v) is 7.73. The van der Waals surface area contributed by atoms with E-state index in [-0.39, 0.29) is 11.9 Å². The maximum Gasteiger partial charge on any atom is 0.305 e. The Bertz CT molecular complexity index is 463. The lowest BCUT2D eigenvalue weighted by atomic mass is 9.93. The van der Waals surface area contributed by atoms with Crippen molar-refractivity contribution in [1.82, 2.24) is 0 Å². The summed E-state index contributed by atoms with van der Waals surface area (Å²) < 4.78 is 10.9. The molecule has 0 aliphatic rings. The van der Waals surface area contributed by atoms with E-state index in [0.717, 1.165) is 51.4 Å². The van der Waals surface area contributed by atoms with Crippen molar-refractivity contribution >= 4 is 11.9 Å². The minimum Gasteiger partial charge on any atom is -0.466 e. The molecule has 0 aliphatic carbocycles. The monoisotopic (exact) mass is 538 g/mol. The van der Waals surface area contributed by atoms with Crippen molar-refractivity contribution in [1.29, 1.82) is 0 Å². The van der Waals surface area contributed by atoms with Crippen LogP contribution in [-0.4, -0.2) is 25.2 Å². The zero-order valence-corrected chi connectivity index (χ0v) is 26.0. The normalized spacial score (nSPS) is 11.3. The summed E-state index contributed by atoms with van der Waals surface area (Å²) >= 11 is 0. The van der Waals surface area contributed by atoms with Crippen molar-refractivity contribution in [3.63, 3.8) is 0 Å². The van der Waals surface area contributed by atoms with Crippen molar-refractivity contribution in [3.8, 4) is 0 Å². The smallest absolute Gasteiger partial charge is 0.305 e. The van der Waals surface area contributed by atoms with Crippen LogP contribution in [0.1, 0.15) is 188 Å². The highest BCUT2D eigenvalue weighted by Crippen LogP contribution is 2.20. The molecular weight excluding hydrogens is 472 g/mol. The van der Waals surface area contributed by atoms with Crippen LogP contribution in [-0.2, 0) is 19.1 Å². The first kappa shape index (κ1) is 36.9. The topological polar surface area (TPSA) is 52.6 Å². The van der Waals surface area contributed by atoms with Crippen LogP contribution in [0.3, 0.4) is 0 Å². The first-order valence-electron chi connectivity index (χ1n) is 16.9. The molecule has 0 spiro atoms. The summed E-state index contributed by atoms with van der Waals surface area (Å²) in [6.45, 7) is 7.79. The Morgan fingerprint density at radius 1 is 0.421 bits per heavy atom. The van der Waals surface area contributed by atoms with Crippen LogP contribution in [0.5, 0.6) is 0 Å². The first-order chi connectivity index (χ1) is 18.6. The molecule has 0 aromatic carbocycles. The molecule has 0 aliphatic heterocycles. The Hall–Kier alpha value is -1.06. The van der Waals surface area contributed by atoms with Gasteiger partial charge < -0.3 is 9.47 Å². The van der Waals surface area contributed by atoms with E-state index in [0.29, 0.717) is 32.0 Å². The lowest BCUT2D eigenvalue weighted by molar-refractivity contribution is -0.144. The van der Waals surface area contributed by atoms with Crippen molar-refractivity contribution < 1.29 is 19.1 Å². The van der Waals surface area contributed by atoms with Gasteiger partial charge in [0.05, 0.1) is 13.2 Å². The van der Waals surface area contributed by atoms with Crippen LogP contribution < -0.4 is 0 Å². The van der Waals surface area contributed by atoms with Gasteiger partial charge in [0, 0.05) is 12.8 Å². The van der Waals surface area contributed by atoms with Gasteiger partial charge in [-0.3, -0.25) is 9.59 Å². The lowest BCUT2D eigenvalue weighted by Gasteiger charge is -2.15. The largest absolute Gasteiger partial charge is 0.466 e. The number of hydrogen-bond acceptors (Lipinski definition) is 4. The van der Waals surface area contributed by atoms with Crippen LogP contribution in [0.4, 0.5) is 0 Å². The number of unbranched alkanes of at least 4 members (excludes halogenated alkanes) is 18. The van der Waals surface area contributed by atoms with Gasteiger partial charge in [0.2, 0.25) is 0 Å². The number of carbonyl (C=O) groups is 2. The van der Waals surface area contributed by atoms with Gasteiger partial charge in [-0.15, -0.1) is 0 Å². The van der Waals surface area contributed by atoms with Gasteiger partial charge in [0.1, 0.15) is 0 Å². The zero-order chi connectivity index (χ0) is 27.9. The van der Waals surface area contributed by atoms with Crippen LogP contribution >= 0.6 is 0 Å². The van der Waals surface area contributed by atoms with E-state index in [9.17, 15) is 9.59 Å². The number of rotatable bonds is 30. The van der Waals surface area contributed by atoms with E-state index < -0.39 is 0 Å². The molecule has 0 aromatic rings. The second-order valence-corrected chi connectivity index (χ2v) is 11.5. The lowest BCUT2D eigenvalue weighted by Crippen LogP contribution is -2.12. The predicted molar refractivity (Wildman–Crippen MR) is 162 cm³/mol. The summed E-state index contributed by atoms with van der Waals surface area (Å²) in [6, 6.07) is 0. The van der Waals surface area contributed by atoms with E-state index in [1.54, 1.807) is 0 Å². The van der Waals surface area contributed by atoms with Crippen molar-refractivity contribution in [3.05, 3.63) is 0 Å². The fourth-order valence-electron chi connectivity index (χ4n) is 5.18. The fourth-order valence-corrected chi connectivity index (χ4v) is 5.18. The highest BCUT2D eigenvalue weighted by Gasteiger charge is 2.14. The van der Waals surface area contributed by atoms with E-state index in [4.69, 9.17) is 9.47 Å². The average Bonchev–Trinajstić information content (AvgIpc) is 2.91. The highest BCUT2D eigenvalue weighted by atomic mass is 16.5. The summed E-state index contributed by atoms with van der Waals surface area (Å²) in [5.41, 5.74) is 0. The second-order valence-electron chi connectivity index (χ2n) is 11.5. The Kier molecular flexibility index (Phi) is 29.6. The van der Waals surface area contributed by atoms with E-state index >= 15 is 0 Å². The molecule has 4 heteroatoms. The number of esters is 2. The Labute approximate surface area is 237 Å². The maximum absolute atomic E-state index is 12.2. The molecule has 0 rings (SSSR count). The third-order valence-electron chi connectivity index (χ3n) is 7.73. The standard InChI is InChI=1S/C34H66O4/c1-4-7-9-11-13-15-17-19-21-23-30-37-33(35)28-26-32(25-6-3)27-29-34(36)38-31-24-22-20-18-16-14-12-10-8-5-2/h32H,4-31H2,1-3H3. The molecule has 0 heterocycles. The molecule has 4 nitrogen and oxygen atoms in total. The predicted octanol–water partition coefficient (Wildman–Crippen LogP) is 10.9. The molecule has 0 N–H and O–H groups in total. The van der Waals surface area contributed by atoms with Gasteiger partial charge in [0.25, 0.3) is 0 Å². The van der Waals surface area contributed by atoms with Crippen LogP contribution in [0.2, 0.25) is 0 Å². The van der Waals surface area contributed by atoms with Gasteiger partial charge in [-0.05, 0) is 31.6 Å². The molecule has 0 saturated heterocycles. The molecule has 0 aromatic heterocycles. The summed E-state index contributed by atoms with van der Waals surface area (Å²) in [5.74, 6) is 0.242. The molecule has 0 atom stereocenters. The molecule has 0 saturated carbocycles. The molecule has 0 unspecified atom stereocenters. The summed E-state index contributed by atoms with van der Waals surface area (Å²) in [7, 11) is 0. The maximum atomic E-state index is 12.2. The van der Waals surface area contributed by atoms with E-state index in [1.165, 1.54) is 103 Å². The zero-order valence-electron chi connectivity index (χ0n) is 26.0. The van der Waals surface area contributed by atoms with E-state index in [1.807, 2.05) is 0 Å². The number of ether oxygens (including phenoxy) is 2. The Morgan fingerprint density at radius 2 is 0.737 bits per heavy atom. The summed E-state index contributed by atoms with van der Waals surface area (Å²) in [5, 5.41) is 0. The summed E-state index contributed by atoms with van der Waals surface area (Å²) in [4.78, 5) is 24.3. The first-order valence-corrected chi connectivity index (χ1v) is 16.9. The van der Waals surface area contributed by atoms with Gasteiger partial charge in [-0.1, -0.05) is 149 Å². The van der Waals surface area contributed by atoms with Gasteiger partial charge in [-0.25, -0.2) is 0 Å². The fraction of sp³-hybridized carbons (Fsp3) is 0.941. The molecule has 38 heavy (non-hydrogen) atoms. The van der Waals surface area contributed by atoms with Crippen LogP contribution in [0, 0.1) is 5.92 Å². The minimum absolute atomic E-state index is 0.0782. The molecule has 0 bridgehead atoms. The summed E-state index contributed by atoms with van der Waals surface area (Å²) in [6.07, 6.45) is 30.4. The van der Waals surface area contributed by atoms with Crippen LogP contribution in [0.15, 0.2) is 0 Å². The highest BCUT2D eigenvalue weighted by molar-refractivity contribution is 5.70. The number of carbonyl (C=O) groups excluding carboxylic acids is 2. The molecule has 226 valence electrons. The minimum atomic E-state index is -0.0782. The van der Waals surface area contributed by atoms with Gasteiger partial charge >= 0.3 is 11.9 Å². The van der Waals surface area contributed by atoms with Crippen molar-refractivity contribution in [2.45, 2.75) is 188 Å². The Balaban J connectivity index is 3.66. The third kappa shape index (κ3) is 28.0.